The van der Waals surface area contributed by atoms with Crippen LogP contribution in [-0.4, -0.2) is 16.3 Å². The predicted molar refractivity (Wildman–Crippen MR) is 56.3 cm³/mol. The Hall–Kier alpha value is -0.290. The van der Waals surface area contributed by atoms with Crippen molar-refractivity contribution in [1.29, 1.82) is 0 Å². The van der Waals surface area contributed by atoms with Gasteiger partial charge >= 0.3 is 0 Å². The number of nitrogens with two attached hydrogens (primary N) is 1. The van der Waals surface area contributed by atoms with Crippen molar-refractivity contribution in [1.82, 2.24) is 9.97 Å². The quantitative estimate of drug-likeness (QED) is 0.623. The zero-order chi connectivity index (χ0) is 8.43. The van der Waals surface area contributed by atoms with E-state index in [-0.39, 0.29) is 46.6 Å². The fourth-order valence-electron chi connectivity index (χ4n) is 0.529. The highest BCUT2D eigenvalue weighted by Gasteiger charge is 2.08. The van der Waals surface area contributed by atoms with E-state index >= 15 is 0 Å². The van der Waals surface area contributed by atoms with E-state index in [9.17, 15) is 4.79 Å². The zero-order valence-electron chi connectivity index (χ0n) is 6.03. The lowest BCUT2D eigenvalue weighted by Crippen LogP contribution is -1.99. The second-order valence-electron chi connectivity index (χ2n) is 1.69. The molecule has 0 saturated heterocycles. The number of aldehydes is 1. The first-order valence-electron chi connectivity index (χ1n) is 2.59. The standard InChI is InChI=1S/C5H3Cl2N3O.2ClH/c6-3-2(1-11)4(7)10-5(8)9-3;;/h1H,(H2,8,9,10);2*1H. The van der Waals surface area contributed by atoms with Crippen LogP contribution in [0.4, 0.5) is 5.95 Å². The van der Waals surface area contributed by atoms with E-state index in [1.165, 1.54) is 0 Å². The van der Waals surface area contributed by atoms with E-state index in [1.54, 1.807) is 0 Å². The average Bonchev–Trinajstić information content (AvgIpc) is 1.85. The van der Waals surface area contributed by atoms with Crippen molar-refractivity contribution in [2.45, 2.75) is 0 Å². The largest absolute Gasteiger partial charge is 0.368 e. The highest BCUT2D eigenvalue weighted by Crippen LogP contribution is 2.19. The molecule has 0 amide bonds. The van der Waals surface area contributed by atoms with Crippen LogP contribution in [0.1, 0.15) is 10.4 Å². The summed E-state index contributed by atoms with van der Waals surface area (Å²) in [4.78, 5) is 17.3. The minimum atomic E-state index is -0.0504. The number of carbonyl (C=O) groups is 1. The molecule has 2 N–H and O–H groups in total. The summed E-state index contributed by atoms with van der Waals surface area (Å²) in [7, 11) is 0. The Morgan fingerprint density at radius 2 is 1.54 bits per heavy atom. The number of nitrogen functional groups attached to an aromatic ring is 1. The van der Waals surface area contributed by atoms with Crippen molar-refractivity contribution in [3.05, 3.63) is 15.9 Å². The number of anilines is 1. The third-order valence-corrected chi connectivity index (χ3v) is 1.56. The molecule has 0 spiro atoms. The number of carbonyl (C=O) groups excluding carboxylic acids is 1. The van der Waals surface area contributed by atoms with Gasteiger partial charge in [-0.1, -0.05) is 23.2 Å². The Balaban J connectivity index is 0. The van der Waals surface area contributed by atoms with Crippen LogP contribution in [0.3, 0.4) is 0 Å². The van der Waals surface area contributed by atoms with Gasteiger partial charge in [-0.05, 0) is 0 Å². The molecule has 4 nitrogen and oxygen atoms in total. The topological polar surface area (TPSA) is 68.9 Å². The van der Waals surface area contributed by atoms with Crippen molar-refractivity contribution < 1.29 is 4.79 Å². The minimum Gasteiger partial charge on any atom is -0.368 e. The van der Waals surface area contributed by atoms with E-state index in [4.69, 9.17) is 28.9 Å². The van der Waals surface area contributed by atoms with Gasteiger partial charge in [0.05, 0.1) is 5.56 Å². The molecule has 8 heteroatoms. The minimum absolute atomic E-state index is 0. The summed E-state index contributed by atoms with van der Waals surface area (Å²) in [5.41, 5.74) is 5.23. The molecular weight excluding hydrogens is 260 g/mol. The van der Waals surface area contributed by atoms with E-state index in [0.717, 1.165) is 0 Å². The molecule has 13 heavy (non-hydrogen) atoms. The van der Waals surface area contributed by atoms with E-state index in [0.29, 0.717) is 6.29 Å². The van der Waals surface area contributed by atoms with Crippen LogP contribution in [0.15, 0.2) is 0 Å². The van der Waals surface area contributed by atoms with Crippen molar-refractivity contribution >= 4 is 60.3 Å². The number of aromatic nitrogens is 2. The van der Waals surface area contributed by atoms with Gasteiger partial charge in [-0.25, -0.2) is 9.97 Å². The molecule has 1 aromatic heterocycles. The normalized spacial score (nSPS) is 8.15. The molecule has 0 fully saturated rings. The summed E-state index contributed by atoms with van der Waals surface area (Å²) in [5, 5.41) is -0.0602. The van der Waals surface area contributed by atoms with Gasteiger partial charge in [0.15, 0.2) is 6.29 Å². The monoisotopic (exact) mass is 263 g/mol. The van der Waals surface area contributed by atoms with Crippen LogP contribution in [-0.2, 0) is 0 Å². The molecule has 74 valence electrons. The second kappa shape index (κ2) is 6.21. The molecule has 0 aliphatic carbocycles. The molecule has 1 rings (SSSR count). The molecule has 0 saturated carbocycles. The summed E-state index contributed by atoms with van der Waals surface area (Å²) in [5.74, 6) is -0.0504. The molecular formula is C5H5Cl4N3O. The number of halogens is 4. The first kappa shape index (κ1) is 15.2. The molecule has 0 radical (unpaired) electrons. The van der Waals surface area contributed by atoms with Crippen LogP contribution in [0.2, 0.25) is 10.3 Å². The van der Waals surface area contributed by atoms with Crippen LogP contribution in [0.25, 0.3) is 0 Å². The summed E-state index contributed by atoms with van der Waals surface area (Å²) < 4.78 is 0. The molecule has 0 aliphatic rings. The maximum absolute atomic E-state index is 10.3. The van der Waals surface area contributed by atoms with Crippen LogP contribution in [0.5, 0.6) is 0 Å². The Morgan fingerprint density at radius 1 is 1.15 bits per heavy atom. The molecule has 0 atom stereocenters. The number of nitrogens with zero attached hydrogens (tertiary/aromatic N) is 2. The van der Waals surface area contributed by atoms with Gasteiger partial charge in [0.1, 0.15) is 10.3 Å². The van der Waals surface area contributed by atoms with Crippen molar-refractivity contribution in [2.24, 2.45) is 0 Å². The fourth-order valence-corrected chi connectivity index (χ4v) is 1.02. The van der Waals surface area contributed by atoms with Gasteiger partial charge in [0, 0.05) is 0 Å². The van der Waals surface area contributed by atoms with E-state index in [1.807, 2.05) is 0 Å². The summed E-state index contributed by atoms with van der Waals surface area (Å²) in [6.45, 7) is 0. The molecule has 0 aliphatic heterocycles. The average molecular weight is 265 g/mol. The van der Waals surface area contributed by atoms with Gasteiger partial charge in [-0.15, -0.1) is 24.8 Å². The fraction of sp³-hybridized carbons (Fsp3) is 0. The Bertz CT molecular complexity index is 283. The zero-order valence-corrected chi connectivity index (χ0v) is 9.17. The number of hydrogen-bond acceptors (Lipinski definition) is 4. The third-order valence-electron chi connectivity index (χ3n) is 0.988. The maximum Gasteiger partial charge on any atom is 0.222 e. The van der Waals surface area contributed by atoms with Crippen molar-refractivity contribution in [2.75, 3.05) is 5.73 Å². The molecule has 0 unspecified atom stereocenters. The highest BCUT2D eigenvalue weighted by atomic mass is 35.5. The highest BCUT2D eigenvalue weighted by molar-refractivity contribution is 6.37. The van der Waals surface area contributed by atoms with E-state index < -0.39 is 0 Å². The molecule has 1 aromatic rings. The van der Waals surface area contributed by atoms with Crippen LogP contribution < -0.4 is 5.73 Å². The SMILES string of the molecule is Cl.Cl.Nc1nc(Cl)c(C=O)c(Cl)n1. The number of hydrogen-bond donors (Lipinski definition) is 1. The smallest absolute Gasteiger partial charge is 0.222 e. The van der Waals surface area contributed by atoms with Crippen LogP contribution in [0, 0.1) is 0 Å². The summed E-state index contributed by atoms with van der Waals surface area (Å²) in [6.07, 6.45) is 0.476. The Kier molecular flexibility index (Phi) is 7.26. The molecule has 1 heterocycles. The number of rotatable bonds is 1. The molecule has 0 aromatic carbocycles. The van der Waals surface area contributed by atoms with Crippen LogP contribution >= 0.6 is 48.0 Å². The lowest BCUT2D eigenvalue weighted by molar-refractivity contribution is 0.112. The van der Waals surface area contributed by atoms with Crippen molar-refractivity contribution in [3.8, 4) is 0 Å². The van der Waals surface area contributed by atoms with E-state index in [2.05, 4.69) is 9.97 Å². The third kappa shape index (κ3) is 3.52. The summed E-state index contributed by atoms with van der Waals surface area (Å²) >= 11 is 11.0. The molecule has 0 bridgehead atoms. The van der Waals surface area contributed by atoms with Crippen molar-refractivity contribution in [3.63, 3.8) is 0 Å². The maximum atomic E-state index is 10.3. The first-order chi connectivity index (χ1) is 5.15. The van der Waals surface area contributed by atoms with Gasteiger partial charge in [0.2, 0.25) is 5.95 Å². The van der Waals surface area contributed by atoms with Gasteiger partial charge in [-0.3, -0.25) is 4.79 Å². The summed E-state index contributed by atoms with van der Waals surface area (Å²) in [6, 6.07) is 0. The second-order valence-corrected chi connectivity index (χ2v) is 2.41. The Morgan fingerprint density at radius 3 is 1.85 bits per heavy atom. The Labute approximate surface area is 96.6 Å². The lowest BCUT2D eigenvalue weighted by atomic mass is 10.4. The predicted octanol–water partition coefficient (Wildman–Crippen LogP) is 2.02. The van der Waals surface area contributed by atoms with Gasteiger partial charge in [0.25, 0.3) is 0 Å². The lowest BCUT2D eigenvalue weighted by Gasteiger charge is -1.97. The van der Waals surface area contributed by atoms with Gasteiger partial charge in [-0.2, -0.15) is 0 Å². The van der Waals surface area contributed by atoms with Gasteiger partial charge < -0.3 is 5.73 Å². The first-order valence-corrected chi connectivity index (χ1v) is 3.34.